The lowest BCUT2D eigenvalue weighted by atomic mass is 10.1. The molecule has 0 fully saturated rings. The van der Waals surface area contributed by atoms with Crippen molar-refractivity contribution in [1.29, 1.82) is 0 Å². The van der Waals surface area contributed by atoms with Gasteiger partial charge < -0.3 is 10.6 Å². The molecule has 1 aromatic carbocycles. The largest absolute Gasteiger partial charge is 0.347 e. The predicted molar refractivity (Wildman–Crippen MR) is 101 cm³/mol. The summed E-state index contributed by atoms with van der Waals surface area (Å²) in [5.74, 6) is 0.333. The highest BCUT2D eigenvalue weighted by atomic mass is 16.1. The summed E-state index contributed by atoms with van der Waals surface area (Å²) in [6.45, 7) is 6.57. The molecule has 0 spiro atoms. The first-order valence-corrected chi connectivity index (χ1v) is 8.37. The van der Waals surface area contributed by atoms with Gasteiger partial charge in [-0.3, -0.25) is 9.78 Å². The normalized spacial score (nSPS) is 10.4. The first kappa shape index (κ1) is 17.5. The molecule has 3 rings (SSSR count). The minimum Gasteiger partial charge on any atom is -0.347 e. The second-order valence-electron chi connectivity index (χ2n) is 6.23. The maximum atomic E-state index is 12.2. The number of aromatic nitrogens is 3. The maximum absolute atomic E-state index is 12.2. The number of carbonyl (C=O) groups excluding carboxylic acids is 1. The van der Waals surface area contributed by atoms with Gasteiger partial charge in [-0.25, -0.2) is 9.97 Å². The lowest BCUT2D eigenvalue weighted by molar-refractivity contribution is 0.0945. The molecule has 0 aliphatic rings. The van der Waals surface area contributed by atoms with Crippen LogP contribution in [-0.4, -0.2) is 20.9 Å². The number of nitrogens with one attached hydrogen (secondary N) is 2. The first-order valence-electron chi connectivity index (χ1n) is 8.37. The Labute approximate surface area is 152 Å². The van der Waals surface area contributed by atoms with Gasteiger partial charge in [-0.15, -0.1) is 0 Å². The van der Waals surface area contributed by atoms with Gasteiger partial charge in [0.25, 0.3) is 5.91 Å². The Bertz CT molecular complexity index is 884. The molecule has 6 nitrogen and oxygen atoms in total. The van der Waals surface area contributed by atoms with Crippen molar-refractivity contribution in [2.24, 2.45) is 0 Å². The summed E-state index contributed by atoms with van der Waals surface area (Å²) in [6, 6.07) is 7.96. The Hall–Kier alpha value is -3.28. The molecule has 2 N–H and O–H groups in total. The molecule has 0 atom stereocenters. The van der Waals surface area contributed by atoms with Crippen molar-refractivity contribution >= 4 is 17.4 Å². The zero-order valence-electron chi connectivity index (χ0n) is 15.1. The van der Waals surface area contributed by atoms with Crippen LogP contribution >= 0.6 is 0 Å². The number of hydrogen-bond acceptors (Lipinski definition) is 5. The van der Waals surface area contributed by atoms with E-state index in [-0.39, 0.29) is 11.6 Å². The fourth-order valence-electron chi connectivity index (χ4n) is 2.79. The first-order chi connectivity index (χ1) is 12.5. The van der Waals surface area contributed by atoms with Crippen molar-refractivity contribution in [3.05, 3.63) is 77.0 Å². The highest BCUT2D eigenvalue weighted by Gasteiger charge is 2.09. The van der Waals surface area contributed by atoms with E-state index in [4.69, 9.17) is 0 Å². The molecular weight excluding hydrogens is 326 g/mol. The summed E-state index contributed by atoms with van der Waals surface area (Å²) in [6.07, 6.45) is 6.45. The van der Waals surface area contributed by atoms with Gasteiger partial charge in [-0.05, 0) is 43.5 Å². The number of carbonyl (C=O) groups is 1. The van der Waals surface area contributed by atoms with Crippen LogP contribution in [0.4, 0.5) is 11.5 Å². The number of rotatable bonds is 5. The SMILES string of the molecule is Cc1cc(C)c(Nc2cnc(C(=O)NCc3cccnc3)cn2)c(C)c1. The summed E-state index contributed by atoms with van der Waals surface area (Å²) >= 11 is 0. The number of amides is 1. The molecule has 0 unspecified atom stereocenters. The topological polar surface area (TPSA) is 79.8 Å². The summed E-state index contributed by atoms with van der Waals surface area (Å²) in [5.41, 5.74) is 5.72. The standard InChI is InChI=1S/C20H21N5O/c1-13-7-14(2)19(15(3)8-13)25-18-12-22-17(11-23-18)20(26)24-10-16-5-4-6-21-9-16/h4-9,11-12H,10H2,1-3H3,(H,23,25)(H,24,26). The molecule has 0 radical (unpaired) electrons. The van der Waals surface area contributed by atoms with Crippen LogP contribution in [0.15, 0.2) is 49.1 Å². The highest BCUT2D eigenvalue weighted by Crippen LogP contribution is 2.24. The van der Waals surface area contributed by atoms with Gasteiger partial charge in [0, 0.05) is 24.6 Å². The number of pyridine rings is 1. The van der Waals surface area contributed by atoms with Gasteiger partial charge >= 0.3 is 0 Å². The molecule has 2 heterocycles. The molecule has 6 heteroatoms. The number of anilines is 2. The van der Waals surface area contributed by atoms with E-state index in [1.54, 1.807) is 18.6 Å². The monoisotopic (exact) mass is 347 g/mol. The summed E-state index contributed by atoms with van der Waals surface area (Å²) < 4.78 is 0. The van der Waals surface area contributed by atoms with E-state index in [1.807, 2.05) is 12.1 Å². The second-order valence-corrected chi connectivity index (χ2v) is 6.23. The molecule has 0 saturated carbocycles. The van der Waals surface area contributed by atoms with E-state index in [1.165, 1.54) is 11.8 Å². The molecular formula is C20H21N5O. The Balaban J connectivity index is 1.66. The maximum Gasteiger partial charge on any atom is 0.271 e. The lowest BCUT2D eigenvalue weighted by Crippen LogP contribution is -2.24. The lowest BCUT2D eigenvalue weighted by Gasteiger charge is -2.13. The fourth-order valence-corrected chi connectivity index (χ4v) is 2.79. The summed E-state index contributed by atoms with van der Waals surface area (Å²) in [5, 5.41) is 6.09. The van der Waals surface area contributed by atoms with Crippen LogP contribution in [0.3, 0.4) is 0 Å². The average Bonchev–Trinajstić information content (AvgIpc) is 2.64. The molecule has 132 valence electrons. The van der Waals surface area contributed by atoms with E-state index in [0.717, 1.165) is 22.4 Å². The van der Waals surface area contributed by atoms with Crippen molar-refractivity contribution in [3.8, 4) is 0 Å². The van der Waals surface area contributed by atoms with Crippen molar-refractivity contribution in [3.63, 3.8) is 0 Å². The zero-order valence-corrected chi connectivity index (χ0v) is 15.1. The zero-order chi connectivity index (χ0) is 18.5. The molecule has 0 saturated heterocycles. The number of nitrogens with zero attached hydrogens (tertiary/aromatic N) is 3. The van der Waals surface area contributed by atoms with E-state index < -0.39 is 0 Å². The molecule has 3 aromatic rings. The Morgan fingerprint density at radius 2 is 1.81 bits per heavy atom. The molecule has 26 heavy (non-hydrogen) atoms. The van der Waals surface area contributed by atoms with Crippen molar-refractivity contribution < 1.29 is 4.79 Å². The number of hydrogen-bond donors (Lipinski definition) is 2. The smallest absolute Gasteiger partial charge is 0.271 e. The van der Waals surface area contributed by atoms with Crippen LogP contribution in [0.2, 0.25) is 0 Å². The highest BCUT2D eigenvalue weighted by molar-refractivity contribution is 5.92. The molecule has 2 aromatic heterocycles. The quantitative estimate of drug-likeness (QED) is 0.739. The third-order valence-electron chi connectivity index (χ3n) is 3.99. The van der Waals surface area contributed by atoms with Crippen LogP contribution in [0.1, 0.15) is 32.7 Å². The Morgan fingerprint density at radius 3 is 2.42 bits per heavy atom. The van der Waals surface area contributed by atoms with Crippen molar-refractivity contribution in [1.82, 2.24) is 20.3 Å². The van der Waals surface area contributed by atoms with E-state index >= 15 is 0 Å². The minimum absolute atomic E-state index is 0.268. The van der Waals surface area contributed by atoms with Gasteiger partial charge in [0.2, 0.25) is 0 Å². The van der Waals surface area contributed by atoms with Crippen LogP contribution in [0, 0.1) is 20.8 Å². The average molecular weight is 347 g/mol. The van der Waals surface area contributed by atoms with Gasteiger partial charge in [-0.2, -0.15) is 0 Å². The van der Waals surface area contributed by atoms with Crippen LogP contribution in [0.25, 0.3) is 0 Å². The third kappa shape index (κ3) is 4.22. The second kappa shape index (κ2) is 7.74. The van der Waals surface area contributed by atoms with Crippen LogP contribution < -0.4 is 10.6 Å². The van der Waals surface area contributed by atoms with Crippen molar-refractivity contribution in [2.75, 3.05) is 5.32 Å². The predicted octanol–water partition coefficient (Wildman–Crippen LogP) is 3.47. The molecule has 0 aliphatic carbocycles. The molecule has 0 bridgehead atoms. The fraction of sp³-hybridized carbons (Fsp3) is 0.200. The molecule has 0 aliphatic heterocycles. The van der Waals surface area contributed by atoms with Crippen LogP contribution in [-0.2, 0) is 6.54 Å². The minimum atomic E-state index is -0.268. The molecule has 1 amide bonds. The van der Waals surface area contributed by atoms with E-state index in [9.17, 15) is 4.79 Å². The van der Waals surface area contributed by atoms with Gasteiger partial charge in [0.05, 0.1) is 12.4 Å². The van der Waals surface area contributed by atoms with Gasteiger partial charge in [-0.1, -0.05) is 23.8 Å². The summed E-state index contributed by atoms with van der Waals surface area (Å²) in [7, 11) is 0. The third-order valence-corrected chi connectivity index (χ3v) is 3.99. The van der Waals surface area contributed by atoms with Crippen molar-refractivity contribution in [2.45, 2.75) is 27.3 Å². The van der Waals surface area contributed by atoms with E-state index in [0.29, 0.717) is 12.4 Å². The van der Waals surface area contributed by atoms with Gasteiger partial charge in [0.1, 0.15) is 11.5 Å². The summed E-state index contributed by atoms with van der Waals surface area (Å²) in [4.78, 5) is 24.7. The number of aryl methyl sites for hydroxylation is 3. The number of benzene rings is 1. The Morgan fingerprint density at radius 1 is 1.04 bits per heavy atom. The van der Waals surface area contributed by atoms with E-state index in [2.05, 4.69) is 58.5 Å². The van der Waals surface area contributed by atoms with Crippen LogP contribution in [0.5, 0.6) is 0 Å². The van der Waals surface area contributed by atoms with Gasteiger partial charge in [0.15, 0.2) is 0 Å². The Kier molecular flexibility index (Phi) is 5.22.